The van der Waals surface area contributed by atoms with Gasteiger partial charge >= 0.3 is 0 Å². The summed E-state index contributed by atoms with van der Waals surface area (Å²) in [7, 11) is 0. The first-order valence-electron chi connectivity index (χ1n) is 8.22. The minimum Gasteiger partial charge on any atom is -0.378 e. The molecule has 0 saturated carbocycles. The van der Waals surface area contributed by atoms with E-state index in [0.29, 0.717) is 24.7 Å². The van der Waals surface area contributed by atoms with Gasteiger partial charge in [-0.3, -0.25) is 4.79 Å². The van der Waals surface area contributed by atoms with Crippen LogP contribution in [0, 0.1) is 11.7 Å². The van der Waals surface area contributed by atoms with Gasteiger partial charge in [-0.15, -0.1) is 0 Å². The number of hydrogen-bond acceptors (Lipinski definition) is 2. The highest BCUT2D eigenvalue weighted by Gasteiger charge is 2.25. The molecule has 0 aliphatic carbocycles. The van der Waals surface area contributed by atoms with Gasteiger partial charge in [0, 0.05) is 30.6 Å². The third-order valence-electron chi connectivity index (χ3n) is 4.21. The Hall–Kier alpha value is -1.88. The van der Waals surface area contributed by atoms with Crippen molar-refractivity contribution in [1.29, 1.82) is 0 Å². The Morgan fingerprint density at radius 1 is 1.35 bits per heavy atom. The summed E-state index contributed by atoms with van der Waals surface area (Å²) in [4.78, 5) is 17.5. The van der Waals surface area contributed by atoms with Gasteiger partial charge in [0.1, 0.15) is 11.5 Å². The molecule has 3 rings (SSSR count). The molecule has 1 saturated heterocycles. The maximum absolute atomic E-state index is 13.3. The number of H-pyrrole nitrogens is 1. The lowest BCUT2D eigenvalue weighted by molar-refractivity contribution is -0.00241. The highest BCUT2D eigenvalue weighted by Crippen LogP contribution is 2.20. The van der Waals surface area contributed by atoms with Crippen LogP contribution in [0.25, 0.3) is 10.9 Å². The zero-order valence-electron chi connectivity index (χ0n) is 13.6. The Morgan fingerprint density at radius 2 is 2.09 bits per heavy atom. The van der Waals surface area contributed by atoms with E-state index in [-0.39, 0.29) is 17.8 Å². The average molecular weight is 318 g/mol. The number of benzene rings is 1. The Morgan fingerprint density at radius 3 is 2.78 bits per heavy atom. The number of nitrogens with one attached hydrogen (secondary N) is 1. The van der Waals surface area contributed by atoms with Gasteiger partial charge < -0.3 is 14.6 Å². The molecule has 1 aromatic carbocycles. The molecule has 0 spiro atoms. The summed E-state index contributed by atoms with van der Waals surface area (Å²) < 4.78 is 19.1. The predicted octanol–water partition coefficient (Wildman–Crippen LogP) is 3.58. The van der Waals surface area contributed by atoms with Gasteiger partial charge in [-0.1, -0.05) is 13.8 Å². The molecular formula is C18H23FN2O2. The van der Waals surface area contributed by atoms with Crippen LogP contribution in [0.3, 0.4) is 0 Å². The van der Waals surface area contributed by atoms with Crippen molar-refractivity contribution in [2.45, 2.75) is 32.8 Å². The van der Waals surface area contributed by atoms with Crippen molar-refractivity contribution >= 4 is 16.8 Å². The zero-order chi connectivity index (χ0) is 16.4. The smallest absolute Gasteiger partial charge is 0.270 e. The van der Waals surface area contributed by atoms with Crippen molar-refractivity contribution in [3.05, 3.63) is 35.8 Å². The van der Waals surface area contributed by atoms with Gasteiger partial charge in [0.25, 0.3) is 5.91 Å². The van der Waals surface area contributed by atoms with Crippen LogP contribution in [0.4, 0.5) is 4.39 Å². The first-order chi connectivity index (χ1) is 11.0. The number of carbonyl (C=O) groups excluding carboxylic acids is 1. The summed E-state index contributed by atoms with van der Waals surface area (Å²) in [5.74, 6) is 0.212. The first kappa shape index (κ1) is 16.0. The number of aromatic nitrogens is 1. The minimum absolute atomic E-state index is 0.0242. The second-order valence-corrected chi connectivity index (χ2v) is 6.63. The molecular weight excluding hydrogens is 295 g/mol. The molecule has 1 N–H and O–H groups in total. The summed E-state index contributed by atoms with van der Waals surface area (Å²) >= 11 is 0. The van der Waals surface area contributed by atoms with Gasteiger partial charge in [0.2, 0.25) is 0 Å². The van der Waals surface area contributed by atoms with Crippen LogP contribution in [-0.4, -0.2) is 41.6 Å². The van der Waals surface area contributed by atoms with Crippen LogP contribution in [0.2, 0.25) is 0 Å². The number of carbonyl (C=O) groups is 1. The van der Waals surface area contributed by atoms with Crippen molar-refractivity contribution in [1.82, 2.24) is 9.88 Å². The van der Waals surface area contributed by atoms with Crippen molar-refractivity contribution in [3.8, 4) is 0 Å². The van der Waals surface area contributed by atoms with Crippen LogP contribution in [0.15, 0.2) is 24.3 Å². The fourth-order valence-corrected chi connectivity index (χ4v) is 2.94. The van der Waals surface area contributed by atoms with E-state index in [1.165, 1.54) is 12.1 Å². The monoisotopic (exact) mass is 318 g/mol. The zero-order valence-corrected chi connectivity index (χ0v) is 13.6. The van der Waals surface area contributed by atoms with E-state index in [2.05, 4.69) is 18.8 Å². The van der Waals surface area contributed by atoms with Crippen molar-refractivity contribution in [2.75, 3.05) is 19.7 Å². The molecule has 0 radical (unpaired) electrons. The van der Waals surface area contributed by atoms with Gasteiger partial charge in [-0.2, -0.15) is 0 Å². The molecule has 0 bridgehead atoms. The molecule has 4 nitrogen and oxygen atoms in total. The second-order valence-electron chi connectivity index (χ2n) is 6.63. The number of likely N-dealkylation sites (tertiary alicyclic amines) is 1. The molecule has 23 heavy (non-hydrogen) atoms. The molecule has 0 atom stereocenters. The number of amides is 1. The summed E-state index contributed by atoms with van der Waals surface area (Å²) in [6.45, 7) is 6.44. The molecule has 5 heteroatoms. The predicted molar refractivity (Wildman–Crippen MR) is 88.0 cm³/mol. The maximum atomic E-state index is 13.3. The number of aromatic amines is 1. The van der Waals surface area contributed by atoms with Gasteiger partial charge in [-0.25, -0.2) is 4.39 Å². The Kier molecular flexibility index (Phi) is 4.66. The molecule has 2 aromatic rings. The molecule has 1 aliphatic heterocycles. The molecule has 1 aliphatic rings. The second kappa shape index (κ2) is 6.71. The molecule has 124 valence electrons. The number of rotatable bonds is 4. The SMILES string of the molecule is CC(C)COC1CCN(C(=O)c2cc3cc(F)ccc3[nH]2)CC1. The van der Waals surface area contributed by atoms with Crippen LogP contribution >= 0.6 is 0 Å². The molecule has 2 heterocycles. The number of nitrogens with zero attached hydrogens (tertiary/aromatic N) is 1. The fourth-order valence-electron chi connectivity index (χ4n) is 2.94. The normalized spacial score (nSPS) is 16.4. The molecule has 1 amide bonds. The number of hydrogen-bond donors (Lipinski definition) is 1. The maximum Gasteiger partial charge on any atom is 0.270 e. The largest absolute Gasteiger partial charge is 0.378 e. The van der Waals surface area contributed by atoms with Gasteiger partial charge in [0.05, 0.1) is 6.10 Å². The van der Waals surface area contributed by atoms with Crippen LogP contribution in [0.1, 0.15) is 37.2 Å². The Balaban J connectivity index is 1.62. The summed E-state index contributed by atoms with van der Waals surface area (Å²) in [6.07, 6.45) is 1.99. The van der Waals surface area contributed by atoms with Crippen molar-refractivity contribution < 1.29 is 13.9 Å². The van der Waals surface area contributed by atoms with Crippen LogP contribution in [0.5, 0.6) is 0 Å². The van der Waals surface area contributed by atoms with E-state index in [1.54, 1.807) is 12.1 Å². The average Bonchev–Trinajstić information content (AvgIpc) is 2.95. The van der Waals surface area contributed by atoms with Gasteiger partial charge in [-0.05, 0) is 43.0 Å². The highest BCUT2D eigenvalue weighted by molar-refractivity contribution is 5.98. The topological polar surface area (TPSA) is 45.3 Å². The van der Waals surface area contributed by atoms with Crippen LogP contribution < -0.4 is 0 Å². The van der Waals surface area contributed by atoms with E-state index in [1.807, 2.05) is 4.90 Å². The lowest BCUT2D eigenvalue weighted by Gasteiger charge is -2.32. The molecule has 0 unspecified atom stereocenters. The summed E-state index contributed by atoms with van der Waals surface area (Å²) in [6, 6.07) is 6.22. The lowest BCUT2D eigenvalue weighted by Crippen LogP contribution is -2.41. The number of ether oxygens (including phenoxy) is 1. The summed E-state index contributed by atoms with van der Waals surface area (Å²) in [5, 5.41) is 0.725. The number of halogens is 1. The third-order valence-corrected chi connectivity index (χ3v) is 4.21. The van der Waals surface area contributed by atoms with E-state index in [0.717, 1.165) is 30.4 Å². The lowest BCUT2D eigenvalue weighted by atomic mass is 10.1. The minimum atomic E-state index is -0.293. The molecule has 1 fully saturated rings. The fraction of sp³-hybridized carbons (Fsp3) is 0.500. The Bertz CT molecular complexity index is 687. The standard InChI is InChI=1S/C18H23FN2O2/c1-12(2)11-23-15-5-7-21(8-6-15)18(22)17-10-13-9-14(19)3-4-16(13)20-17/h3-4,9-10,12,15,20H,5-8,11H2,1-2H3. The Labute approximate surface area is 135 Å². The van der Waals surface area contributed by atoms with Crippen LogP contribution in [-0.2, 0) is 4.74 Å². The van der Waals surface area contributed by atoms with E-state index < -0.39 is 0 Å². The highest BCUT2D eigenvalue weighted by atomic mass is 19.1. The van der Waals surface area contributed by atoms with E-state index >= 15 is 0 Å². The van der Waals surface area contributed by atoms with Gasteiger partial charge in [0.15, 0.2) is 0 Å². The van der Waals surface area contributed by atoms with Crippen molar-refractivity contribution in [3.63, 3.8) is 0 Å². The van der Waals surface area contributed by atoms with E-state index in [9.17, 15) is 9.18 Å². The number of piperidine rings is 1. The first-order valence-corrected chi connectivity index (χ1v) is 8.22. The number of fused-ring (bicyclic) bond motifs is 1. The third kappa shape index (κ3) is 3.72. The quantitative estimate of drug-likeness (QED) is 0.936. The summed E-state index contributed by atoms with van der Waals surface area (Å²) in [5.41, 5.74) is 1.30. The molecule has 1 aromatic heterocycles. The van der Waals surface area contributed by atoms with Crippen molar-refractivity contribution in [2.24, 2.45) is 5.92 Å². The van der Waals surface area contributed by atoms with E-state index in [4.69, 9.17) is 4.74 Å².